The van der Waals surface area contributed by atoms with E-state index in [1.54, 1.807) is 0 Å². The van der Waals surface area contributed by atoms with E-state index in [1.165, 1.54) is 161 Å². The third-order valence-corrected chi connectivity index (χ3v) is 14.9. The molecule has 0 bridgehead atoms. The van der Waals surface area contributed by atoms with Crippen LogP contribution in [-0.4, -0.2) is 89.2 Å². The molecule has 0 aromatic heterocycles. The fourth-order valence-electron chi connectivity index (χ4n) is 9.95. The molecule has 1 aliphatic heterocycles. The van der Waals surface area contributed by atoms with Crippen LogP contribution in [0.3, 0.4) is 0 Å². The molecule has 458 valence electrons. The van der Waals surface area contributed by atoms with Gasteiger partial charge in [-0.05, 0) is 57.8 Å². The summed E-state index contributed by atoms with van der Waals surface area (Å²) >= 11 is 0. The lowest BCUT2D eigenvalue weighted by Gasteiger charge is -2.40. The number of allylic oxidation sites excluding steroid dienone is 8. The summed E-state index contributed by atoms with van der Waals surface area (Å²) < 4.78 is 28.5. The molecule has 79 heavy (non-hydrogen) atoms. The van der Waals surface area contributed by atoms with Gasteiger partial charge in [-0.15, -0.1) is 0 Å². The number of aliphatic hydroxyl groups is 2. The van der Waals surface area contributed by atoms with Gasteiger partial charge in [0.1, 0.15) is 18.8 Å². The van der Waals surface area contributed by atoms with Crippen molar-refractivity contribution in [1.82, 2.24) is 0 Å². The quantitative estimate of drug-likeness (QED) is 0.0228. The fourth-order valence-corrected chi connectivity index (χ4v) is 9.95. The van der Waals surface area contributed by atoms with Gasteiger partial charge in [0.2, 0.25) is 0 Å². The smallest absolute Gasteiger partial charge is 0.335 e. The van der Waals surface area contributed by atoms with Crippen molar-refractivity contribution in [2.45, 2.75) is 340 Å². The molecule has 1 aliphatic rings. The summed E-state index contributed by atoms with van der Waals surface area (Å²) in [5, 5.41) is 31.6. The Kier molecular flexibility index (Phi) is 51.5. The Morgan fingerprint density at radius 2 is 0.797 bits per heavy atom. The number of hydrogen-bond donors (Lipinski definition) is 3. The number of hydrogen-bond acceptors (Lipinski definition) is 11. The Hall–Kier alpha value is -3.32. The van der Waals surface area contributed by atoms with Gasteiger partial charge in [-0.25, -0.2) is 4.79 Å². The number of carboxylic acid groups (broad SMARTS) is 1. The van der Waals surface area contributed by atoms with Crippen LogP contribution >= 0.6 is 0 Å². The standard InChI is InChI=1S/C67H118O12/c1-4-7-10-13-16-19-22-25-28-29-30-31-34-35-38-41-44-47-50-53-59(68)75-56-58(77-60(69)54-51-48-45-42-39-36-32-26-23-20-17-14-11-8-5-2)57-76-67-65(63(72)62(71)64(79-67)66(73)74)78-61(70)55-52-49-46-43-40-37-33-27-24-21-18-15-12-9-6-3/h8,11,17,20,26,32,39,42,58,62-65,67,71-72H,4-7,9-10,12-16,18-19,21-25,27-31,33-38,40-41,43-57H2,1-3H3,(H,73,74)/b11-8-,20-17-,32-26-,42-39-. The molecule has 0 radical (unpaired) electrons. The maximum atomic E-state index is 13.2. The summed E-state index contributed by atoms with van der Waals surface area (Å²) in [6, 6.07) is 0. The minimum atomic E-state index is -1.91. The van der Waals surface area contributed by atoms with Crippen molar-refractivity contribution in [2.24, 2.45) is 0 Å². The molecule has 0 amide bonds. The molecule has 12 nitrogen and oxygen atoms in total. The lowest BCUT2D eigenvalue weighted by molar-refractivity contribution is -0.301. The fraction of sp³-hybridized carbons (Fsp3) is 0.821. The first-order valence-corrected chi connectivity index (χ1v) is 32.6. The summed E-state index contributed by atoms with van der Waals surface area (Å²) in [4.78, 5) is 51.3. The minimum absolute atomic E-state index is 0.0601. The van der Waals surface area contributed by atoms with Crippen molar-refractivity contribution in [3.63, 3.8) is 0 Å². The normalized spacial score (nSPS) is 18.1. The first-order valence-electron chi connectivity index (χ1n) is 32.6. The zero-order valence-corrected chi connectivity index (χ0v) is 50.6. The van der Waals surface area contributed by atoms with E-state index in [2.05, 4.69) is 69.4 Å². The molecule has 0 aliphatic carbocycles. The molecule has 3 N–H and O–H groups in total. The number of unbranched alkanes of at least 4 members (excludes halogenated alkanes) is 34. The number of carbonyl (C=O) groups is 4. The Balaban J connectivity index is 2.65. The van der Waals surface area contributed by atoms with E-state index in [4.69, 9.17) is 23.7 Å². The van der Waals surface area contributed by atoms with Gasteiger partial charge in [0.05, 0.1) is 6.61 Å². The van der Waals surface area contributed by atoms with Gasteiger partial charge in [0.15, 0.2) is 24.6 Å². The summed E-state index contributed by atoms with van der Waals surface area (Å²) in [6.45, 7) is 5.89. The zero-order valence-electron chi connectivity index (χ0n) is 50.6. The molecule has 0 aromatic rings. The first kappa shape index (κ1) is 73.7. The zero-order chi connectivity index (χ0) is 57.5. The van der Waals surface area contributed by atoms with Crippen LogP contribution in [0, 0.1) is 0 Å². The molecule has 0 spiro atoms. The molecule has 1 fully saturated rings. The number of esters is 3. The van der Waals surface area contributed by atoms with E-state index >= 15 is 0 Å². The molecule has 12 heteroatoms. The van der Waals surface area contributed by atoms with Gasteiger partial charge in [0, 0.05) is 19.3 Å². The average molecular weight is 1120 g/mol. The van der Waals surface area contributed by atoms with Crippen LogP contribution in [0.5, 0.6) is 0 Å². The van der Waals surface area contributed by atoms with Crippen LogP contribution in [0.1, 0.15) is 303 Å². The molecule has 1 rings (SSSR count). The molecule has 1 heterocycles. The molecular weight excluding hydrogens is 997 g/mol. The van der Waals surface area contributed by atoms with E-state index in [1.807, 2.05) is 0 Å². The maximum absolute atomic E-state index is 13.2. The predicted octanol–water partition coefficient (Wildman–Crippen LogP) is 17.3. The van der Waals surface area contributed by atoms with Crippen LogP contribution in [0.4, 0.5) is 0 Å². The molecule has 6 unspecified atom stereocenters. The van der Waals surface area contributed by atoms with Crippen molar-refractivity contribution in [2.75, 3.05) is 13.2 Å². The number of aliphatic hydroxyl groups excluding tert-OH is 2. The number of ether oxygens (including phenoxy) is 5. The monoisotopic (exact) mass is 1110 g/mol. The highest BCUT2D eigenvalue weighted by molar-refractivity contribution is 5.74. The number of aliphatic carboxylic acids is 1. The van der Waals surface area contributed by atoms with E-state index in [0.717, 1.165) is 83.5 Å². The SMILES string of the molecule is CC/C=C\C/C=C\C/C=C\C/C=C\CCCCC(=O)OC(COC(=O)CCCCCCCCCCCCCCCCCCCCC)COC1OC(C(=O)O)C(O)C(O)C1OC(=O)CCCCCCCCCCCCCCCCC. The molecular formula is C67H118O12. The van der Waals surface area contributed by atoms with Crippen molar-refractivity contribution >= 4 is 23.9 Å². The van der Waals surface area contributed by atoms with Gasteiger partial charge < -0.3 is 39.0 Å². The summed E-state index contributed by atoms with van der Waals surface area (Å²) in [5.41, 5.74) is 0. The van der Waals surface area contributed by atoms with Gasteiger partial charge in [0.25, 0.3) is 0 Å². The van der Waals surface area contributed by atoms with Crippen LogP contribution in [-0.2, 0) is 42.9 Å². The average Bonchev–Trinajstić information content (AvgIpc) is 3.46. The highest BCUT2D eigenvalue weighted by Crippen LogP contribution is 2.27. The molecule has 1 saturated heterocycles. The van der Waals surface area contributed by atoms with Crippen LogP contribution in [0.25, 0.3) is 0 Å². The van der Waals surface area contributed by atoms with Gasteiger partial charge in [-0.3, -0.25) is 14.4 Å². The summed E-state index contributed by atoms with van der Waals surface area (Å²) in [6.07, 6.45) is 55.1. The largest absolute Gasteiger partial charge is 0.479 e. The highest BCUT2D eigenvalue weighted by atomic mass is 16.7. The van der Waals surface area contributed by atoms with Crippen LogP contribution in [0.2, 0.25) is 0 Å². The number of carbonyl (C=O) groups excluding carboxylic acids is 3. The topological polar surface area (TPSA) is 175 Å². The van der Waals surface area contributed by atoms with Gasteiger partial charge >= 0.3 is 23.9 Å². The Labute approximate surface area is 482 Å². The van der Waals surface area contributed by atoms with E-state index in [-0.39, 0.29) is 25.9 Å². The van der Waals surface area contributed by atoms with E-state index in [0.29, 0.717) is 19.3 Å². The number of rotatable bonds is 56. The van der Waals surface area contributed by atoms with Crippen LogP contribution in [0.15, 0.2) is 48.6 Å². The third kappa shape index (κ3) is 45.0. The summed E-state index contributed by atoms with van der Waals surface area (Å²) in [5.74, 6) is -3.15. The van der Waals surface area contributed by atoms with Gasteiger partial charge in [-0.2, -0.15) is 0 Å². The second-order valence-corrected chi connectivity index (χ2v) is 22.4. The predicted molar refractivity (Wildman–Crippen MR) is 322 cm³/mol. The van der Waals surface area contributed by atoms with Crippen molar-refractivity contribution < 1.29 is 58.2 Å². The Morgan fingerprint density at radius 1 is 0.430 bits per heavy atom. The lowest BCUT2D eigenvalue weighted by atomic mass is 9.98. The molecule has 0 saturated carbocycles. The van der Waals surface area contributed by atoms with Crippen molar-refractivity contribution in [3.8, 4) is 0 Å². The third-order valence-electron chi connectivity index (χ3n) is 14.9. The molecule has 0 aromatic carbocycles. The van der Waals surface area contributed by atoms with E-state index < -0.39 is 67.3 Å². The summed E-state index contributed by atoms with van der Waals surface area (Å²) in [7, 11) is 0. The second kappa shape index (κ2) is 55.2. The molecule has 6 atom stereocenters. The van der Waals surface area contributed by atoms with E-state index in [9.17, 15) is 34.5 Å². The number of carboxylic acids is 1. The Bertz CT molecular complexity index is 1560. The van der Waals surface area contributed by atoms with Crippen LogP contribution < -0.4 is 0 Å². The lowest BCUT2D eigenvalue weighted by Crippen LogP contribution is -2.61. The van der Waals surface area contributed by atoms with Gasteiger partial charge in [-0.1, -0.05) is 275 Å². The first-order chi connectivity index (χ1) is 38.6. The Morgan fingerprint density at radius 3 is 1.22 bits per heavy atom. The maximum Gasteiger partial charge on any atom is 0.335 e. The van der Waals surface area contributed by atoms with Crippen molar-refractivity contribution in [3.05, 3.63) is 48.6 Å². The highest BCUT2D eigenvalue weighted by Gasteiger charge is 2.50. The minimum Gasteiger partial charge on any atom is -0.479 e. The second-order valence-electron chi connectivity index (χ2n) is 22.4. The van der Waals surface area contributed by atoms with Crippen molar-refractivity contribution in [1.29, 1.82) is 0 Å².